The lowest BCUT2D eigenvalue weighted by Gasteiger charge is -2.43. The van der Waals surface area contributed by atoms with E-state index in [1.54, 1.807) is 0 Å². The zero-order valence-corrected chi connectivity index (χ0v) is 27.5. The predicted octanol–water partition coefficient (Wildman–Crippen LogP) is 10.8. The minimum absolute atomic E-state index is 0.0609. The molecule has 1 aromatic carbocycles. The fraction of sp³-hybridized carbons (Fsp3) is 0.483. The number of hydrogen-bond acceptors (Lipinski definition) is 6. The molecule has 1 atom stereocenters. The van der Waals surface area contributed by atoms with Crippen LogP contribution in [0.4, 0.5) is 54.8 Å². The van der Waals surface area contributed by atoms with Gasteiger partial charge in [-0.2, -0.15) is 44.4 Å². The Morgan fingerprint density at radius 3 is 1.64 bits per heavy atom. The summed E-state index contributed by atoms with van der Waals surface area (Å²) in [7, 11) is 0. The molecule has 0 saturated carbocycles. The lowest BCUT2D eigenvalue weighted by molar-refractivity contribution is -0.137. The largest absolute Gasteiger partial charge is 0.443 e. The first-order valence-corrected chi connectivity index (χ1v) is 14.1. The minimum atomic E-state index is -5.71. The van der Waals surface area contributed by atoms with Gasteiger partial charge in [0.05, 0.1) is 21.3 Å². The Hall–Kier alpha value is -3.40. The van der Waals surface area contributed by atoms with E-state index in [4.69, 9.17) is 32.7 Å². The summed E-state index contributed by atoms with van der Waals surface area (Å²) in [4.78, 5) is 30.7. The van der Waals surface area contributed by atoms with Crippen molar-refractivity contribution in [1.82, 2.24) is 4.90 Å². The molecule has 1 heterocycles. The van der Waals surface area contributed by atoms with E-state index in [0.29, 0.717) is 17.0 Å². The second-order valence-corrected chi connectivity index (χ2v) is 13.0. The third kappa shape index (κ3) is 9.81. The lowest BCUT2D eigenvalue weighted by Crippen LogP contribution is -2.51. The number of halogens is 11. The Morgan fingerprint density at radius 1 is 0.872 bits per heavy atom. The molecular formula is C29H30Cl2F9N3O4. The van der Waals surface area contributed by atoms with Gasteiger partial charge in [0.1, 0.15) is 22.7 Å². The molecule has 1 aliphatic heterocycles. The smallest absolute Gasteiger partial charge is 0.433 e. The van der Waals surface area contributed by atoms with Gasteiger partial charge in [0.15, 0.2) is 5.71 Å². The molecule has 1 aromatic rings. The van der Waals surface area contributed by atoms with E-state index in [-0.39, 0.29) is 10.6 Å². The number of hydrogen-bond donors (Lipinski definition) is 0. The number of alkyl halides is 9. The monoisotopic (exact) mass is 725 g/mol. The van der Waals surface area contributed by atoms with Crippen LogP contribution in [0.25, 0.3) is 0 Å². The number of nitrogens with zero attached hydrogens (tertiary/aromatic N) is 3. The summed E-state index contributed by atoms with van der Waals surface area (Å²) in [6.07, 6.45) is -20.1. The van der Waals surface area contributed by atoms with Crippen molar-refractivity contribution < 1.29 is 58.6 Å². The van der Waals surface area contributed by atoms with Gasteiger partial charge in [0.2, 0.25) is 0 Å². The fourth-order valence-corrected chi connectivity index (χ4v) is 4.80. The van der Waals surface area contributed by atoms with Crippen molar-refractivity contribution in [3.05, 3.63) is 63.7 Å². The zero-order chi connectivity index (χ0) is 36.8. The van der Waals surface area contributed by atoms with Crippen molar-refractivity contribution >= 4 is 46.8 Å². The molecule has 0 N–H and O–H groups in total. The van der Waals surface area contributed by atoms with Crippen LogP contribution in [-0.4, -0.2) is 46.4 Å². The molecule has 0 saturated heterocycles. The van der Waals surface area contributed by atoms with Crippen LogP contribution in [0.5, 0.6) is 0 Å². The van der Waals surface area contributed by atoms with Crippen LogP contribution in [0.1, 0.15) is 60.5 Å². The van der Waals surface area contributed by atoms with E-state index in [0.717, 1.165) is 6.92 Å². The number of ether oxygens (including phenoxy) is 2. The lowest BCUT2D eigenvalue weighted by atomic mass is 9.87. The van der Waals surface area contributed by atoms with E-state index < -0.39 is 98.4 Å². The first-order chi connectivity index (χ1) is 20.9. The number of rotatable bonds is 4. The van der Waals surface area contributed by atoms with Crippen LogP contribution in [0.2, 0.25) is 10.0 Å². The molecule has 0 bridgehead atoms. The summed E-state index contributed by atoms with van der Waals surface area (Å²) >= 11 is 12.4. The second kappa shape index (κ2) is 13.2. The molecule has 2 amide bonds. The molecule has 0 spiro atoms. The molecule has 0 aliphatic carbocycles. The molecule has 1 unspecified atom stereocenters. The Kier molecular flexibility index (Phi) is 11.2. The van der Waals surface area contributed by atoms with Crippen LogP contribution < -0.4 is 4.90 Å². The topological polar surface area (TPSA) is 71.4 Å². The molecular weight excluding hydrogens is 696 g/mol. The van der Waals surface area contributed by atoms with Crippen molar-refractivity contribution in [2.45, 2.75) is 84.6 Å². The number of carbonyl (C=O) groups excluding carboxylic acids is 2. The highest BCUT2D eigenvalue weighted by Crippen LogP contribution is 2.48. The second-order valence-electron chi connectivity index (χ2n) is 12.2. The average molecular weight is 726 g/mol. The summed E-state index contributed by atoms with van der Waals surface area (Å²) in [6.45, 7) is 15.4. The third-order valence-corrected chi connectivity index (χ3v) is 6.41. The quantitative estimate of drug-likeness (QED) is 0.228. The van der Waals surface area contributed by atoms with E-state index in [2.05, 4.69) is 18.2 Å². The number of allylic oxidation sites excluding steroid dienone is 3. The number of carbonyl (C=O) groups is 2. The van der Waals surface area contributed by atoms with Crippen molar-refractivity contribution in [2.75, 3.05) is 4.90 Å². The summed E-state index contributed by atoms with van der Waals surface area (Å²) < 4.78 is 136. The first kappa shape index (κ1) is 39.8. The van der Waals surface area contributed by atoms with Crippen LogP contribution in [0, 0.1) is 5.92 Å². The van der Waals surface area contributed by atoms with E-state index in [9.17, 15) is 49.1 Å². The average Bonchev–Trinajstić information content (AvgIpc) is 2.80. The van der Waals surface area contributed by atoms with Gasteiger partial charge in [0, 0.05) is 11.3 Å². The zero-order valence-electron chi connectivity index (χ0n) is 26.0. The molecule has 18 heteroatoms. The van der Waals surface area contributed by atoms with Gasteiger partial charge in [0.25, 0.3) is 0 Å². The molecule has 7 nitrogen and oxygen atoms in total. The molecule has 0 fully saturated rings. The Balaban J connectivity index is 3.31. The van der Waals surface area contributed by atoms with Gasteiger partial charge in [-0.05, 0) is 66.0 Å². The van der Waals surface area contributed by atoms with E-state index in [1.807, 2.05) is 0 Å². The van der Waals surface area contributed by atoms with E-state index in [1.165, 1.54) is 41.5 Å². The number of imide groups is 1. The Morgan fingerprint density at radius 2 is 1.30 bits per heavy atom. The van der Waals surface area contributed by atoms with Gasteiger partial charge in [-0.1, -0.05) is 43.3 Å². The van der Waals surface area contributed by atoms with Crippen LogP contribution >= 0.6 is 23.2 Å². The number of amides is 2. The van der Waals surface area contributed by atoms with Crippen molar-refractivity contribution in [3.8, 4) is 0 Å². The third-order valence-electron chi connectivity index (χ3n) is 5.83. The summed E-state index contributed by atoms with van der Waals surface area (Å²) in [5.41, 5.74) is -10.9. The van der Waals surface area contributed by atoms with Crippen LogP contribution in [-0.2, 0) is 15.7 Å². The highest BCUT2D eigenvalue weighted by molar-refractivity contribution is 6.39. The van der Waals surface area contributed by atoms with E-state index >= 15 is 0 Å². The van der Waals surface area contributed by atoms with Crippen molar-refractivity contribution in [1.29, 1.82) is 0 Å². The predicted molar refractivity (Wildman–Crippen MR) is 157 cm³/mol. The van der Waals surface area contributed by atoms with Crippen LogP contribution in [0.15, 0.2) is 53.1 Å². The van der Waals surface area contributed by atoms with Crippen LogP contribution in [0.3, 0.4) is 0 Å². The number of aliphatic imine (C=N–C) groups is 1. The fourth-order valence-electron chi connectivity index (χ4n) is 4.14. The van der Waals surface area contributed by atoms with Gasteiger partial charge < -0.3 is 9.47 Å². The normalized spacial score (nSPS) is 17.1. The molecule has 1 aliphatic rings. The molecule has 0 aromatic heterocycles. The number of benzene rings is 1. The van der Waals surface area contributed by atoms with Crippen molar-refractivity contribution in [3.63, 3.8) is 0 Å². The molecule has 262 valence electrons. The van der Waals surface area contributed by atoms with Gasteiger partial charge in [-0.25, -0.2) is 14.6 Å². The highest BCUT2D eigenvalue weighted by atomic mass is 35.5. The maximum absolute atomic E-state index is 14.7. The minimum Gasteiger partial charge on any atom is -0.443 e. The molecule has 0 radical (unpaired) electrons. The maximum Gasteiger partial charge on any atom is 0.433 e. The number of anilines is 1. The van der Waals surface area contributed by atoms with Gasteiger partial charge >= 0.3 is 30.7 Å². The highest BCUT2D eigenvalue weighted by Gasteiger charge is 2.50. The summed E-state index contributed by atoms with van der Waals surface area (Å²) in [5, 5.41) is -1.70. The first-order valence-electron chi connectivity index (χ1n) is 13.3. The summed E-state index contributed by atoms with van der Waals surface area (Å²) in [6, 6.07) is 0.724. The standard InChI is InChI=1S/C29H30Cl2F9N3O4/c1-13-10-14(2)42(20-17(30)11-16(12-18(20)31)28(35,36)37)22(19(13)21(29(38,39)40)41-15(3)27(32,33)34)43(23(44)46-25(4,5)6)24(45)47-26(7,8)9/h11-13H,2-3,10H2,1,4-9H3. The Bertz CT molecular complexity index is 1470. The summed E-state index contributed by atoms with van der Waals surface area (Å²) in [5.74, 6) is -2.73. The molecule has 2 rings (SSSR count). The Labute approximate surface area is 274 Å². The van der Waals surface area contributed by atoms with Crippen molar-refractivity contribution in [2.24, 2.45) is 10.9 Å². The van der Waals surface area contributed by atoms with Gasteiger partial charge in [-0.15, -0.1) is 0 Å². The van der Waals surface area contributed by atoms with Gasteiger partial charge in [-0.3, -0.25) is 4.90 Å². The maximum atomic E-state index is 14.7. The SMILES string of the molecule is C=C1CC(C)C(C(=NC(=C)C(F)(F)F)C(F)(F)F)=C(N(C(=O)OC(C)(C)C)C(=O)OC(C)(C)C)N1c1c(Cl)cc(C(F)(F)F)cc1Cl. The molecule has 47 heavy (non-hydrogen) atoms.